The van der Waals surface area contributed by atoms with Gasteiger partial charge in [0.05, 0.1) is 23.2 Å². The summed E-state index contributed by atoms with van der Waals surface area (Å²) in [4.78, 5) is 12.9. The number of hydrogen-bond donors (Lipinski definition) is 0. The van der Waals surface area contributed by atoms with Gasteiger partial charge in [0.1, 0.15) is 0 Å². The molecule has 1 aromatic heterocycles. The predicted molar refractivity (Wildman–Crippen MR) is 132 cm³/mol. The first-order valence-corrected chi connectivity index (χ1v) is 11.8. The Hall–Kier alpha value is -3.19. The van der Waals surface area contributed by atoms with Crippen molar-refractivity contribution in [2.24, 2.45) is 0 Å². The molecule has 2 heterocycles. The van der Waals surface area contributed by atoms with Gasteiger partial charge in [-0.3, -0.25) is 0 Å². The summed E-state index contributed by atoms with van der Waals surface area (Å²) in [6.45, 7) is 6.27. The van der Waals surface area contributed by atoms with Crippen LogP contribution in [0.2, 0.25) is 0 Å². The normalized spacial score (nSPS) is 13.0. The van der Waals surface area contributed by atoms with Gasteiger partial charge in [-0.25, -0.2) is 9.97 Å². The van der Waals surface area contributed by atoms with Crippen molar-refractivity contribution in [1.29, 1.82) is 5.26 Å². The maximum absolute atomic E-state index is 8.72. The van der Waals surface area contributed by atoms with Crippen molar-refractivity contribution in [2.45, 2.75) is 58.8 Å². The van der Waals surface area contributed by atoms with Gasteiger partial charge in [0, 0.05) is 30.6 Å². The molecule has 1 aliphatic heterocycles. The molecular weight excluding hydrogens is 392 g/mol. The van der Waals surface area contributed by atoms with E-state index in [0.717, 1.165) is 85.6 Å². The first kappa shape index (κ1) is 22.0. The molecular formula is C28H32N4. The van der Waals surface area contributed by atoms with Crippen LogP contribution in [-0.4, -0.2) is 23.1 Å². The fraction of sp³-hybridized carbons (Fsp3) is 0.393. The number of nitrogens with zero attached hydrogens (tertiary/aromatic N) is 4. The van der Waals surface area contributed by atoms with E-state index in [-0.39, 0.29) is 0 Å². The molecule has 164 valence electrons. The second-order valence-electron chi connectivity index (χ2n) is 8.84. The first-order valence-electron chi connectivity index (χ1n) is 11.8. The van der Waals surface area contributed by atoms with E-state index in [1.165, 1.54) is 11.1 Å². The quantitative estimate of drug-likeness (QED) is 0.380. The average Bonchev–Trinajstić information content (AvgIpc) is 2.81. The molecule has 0 bridgehead atoms. The molecule has 1 aliphatic rings. The smallest absolute Gasteiger partial charge is 0.151 e. The molecule has 32 heavy (non-hydrogen) atoms. The monoisotopic (exact) mass is 424 g/mol. The Morgan fingerprint density at radius 1 is 0.812 bits per heavy atom. The number of rotatable bonds is 8. The molecule has 4 heteroatoms. The Balaban J connectivity index is 1.66. The van der Waals surface area contributed by atoms with E-state index >= 15 is 0 Å². The van der Waals surface area contributed by atoms with E-state index in [2.05, 4.69) is 73.3 Å². The van der Waals surface area contributed by atoms with Gasteiger partial charge in [-0.1, -0.05) is 72.5 Å². The number of aryl methyl sites for hydroxylation is 3. The third-order valence-electron chi connectivity index (χ3n) is 6.20. The van der Waals surface area contributed by atoms with E-state index in [1.807, 2.05) is 0 Å². The maximum atomic E-state index is 8.72. The van der Waals surface area contributed by atoms with Crippen molar-refractivity contribution in [3.05, 3.63) is 65.4 Å². The lowest BCUT2D eigenvalue weighted by atomic mass is 10.0. The minimum absolute atomic E-state index is 0.666. The molecule has 0 saturated heterocycles. The summed E-state index contributed by atoms with van der Waals surface area (Å²) in [7, 11) is 0. The molecule has 0 spiro atoms. The largest absolute Gasteiger partial charge is 0.355 e. The van der Waals surface area contributed by atoms with Gasteiger partial charge < -0.3 is 4.90 Å². The molecule has 0 saturated carbocycles. The number of anilines is 1. The van der Waals surface area contributed by atoms with Crippen molar-refractivity contribution in [3.8, 4) is 28.6 Å². The zero-order chi connectivity index (χ0) is 22.3. The maximum Gasteiger partial charge on any atom is 0.151 e. The highest BCUT2D eigenvalue weighted by Gasteiger charge is 2.23. The number of benzene rings is 2. The molecule has 0 unspecified atom stereocenters. The summed E-state index contributed by atoms with van der Waals surface area (Å²) < 4.78 is 0. The highest BCUT2D eigenvalue weighted by molar-refractivity contribution is 5.79. The molecule has 0 N–H and O–H groups in total. The third kappa shape index (κ3) is 5.16. The van der Waals surface area contributed by atoms with Gasteiger partial charge in [0.15, 0.2) is 5.82 Å². The first-order chi connectivity index (χ1) is 15.7. The molecule has 2 aromatic carbocycles. The van der Waals surface area contributed by atoms with Crippen LogP contribution in [0.25, 0.3) is 22.5 Å². The summed E-state index contributed by atoms with van der Waals surface area (Å²) >= 11 is 0. The van der Waals surface area contributed by atoms with Crippen LogP contribution >= 0.6 is 0 Å². The number of hydrogen-bond acceptors (Lipinski definition) is 4. The zero-order valence-electron chi connectivity index (χ0n) is 19.3. The average molecular weight is 425 g/mol. The van der Waals surface area contributed by atoms with Crippen LogP contribution in [0, 0.1) is 25.2 Å². The Kier molecular flexibility index (Phi) is 7.17. The topological polar surface area (TPSA) is 52.8 Å². The van der Waals surface area contributed by atoms with Crippen LogP contribution in [-0.2, 0) is 6.42 Å². The lowest BCUT2D eigenvalue weighted by Gasteiger charge is -2.30. The molecule has 3 aromatic rings. The predicted octanol–water partition coefficient (Wildman–Crippen LogP) is 6.65. The molecule has 4 rings (SSSR count). The molecule has 0 aliphatic carbocycles. The van der Waals surface area contributed by atoms with Crippen LogP contribution in [0.5, 0.6) is 0 Å². The van der Waals surface area contributed by atoms with Crippen LogP contribution in [0.4, 0.5) is 5.82 Å². The number of unbranched alkanes of at least 4 members (excludes halogenated alkanes) is 4. The zero-order valence-corrected chi connectivity index (χ0v) is 19.3. The van der Waals surface area contributed by atoms with Crippen LogP contribution in [0.1, 0.15) is 55.3 Å². The van der Waals surface area contributed by atoms with Crippen molar-refractivity contribution < 1.29 is 0 Å². The summed E-state index contributed by atoms with van der Waals surface area (Å²) in [6.07, 6.45) is 7.19. The second-order valence-corrected chi connectivity index (χ2v) is 8.84. The minimum atomic E-state index is 0.666. The lowest BCUT2D eigenvalue weighted by Crippen LogP contribution is -2.32. The van der Waals surface area contributed by atoms with Crippen molar-refractivity contribution >= 4 is 5.82 Å². The number of aromatic nitrogens is 2. The SMILES string of the molecule is Cc1ccc(-c2nc3c(nc2-c2ccc(C)cc2)N(CCCCCCC#N)CCC3)cc1. The van der Waals surface area contributed by atoms with Crippen LogP contribution < -0.4 is 4.90 Å². The van der Waals surface area contributed by atoms with Crippen molar-refractivity contribution in [3.63, 3.8) is 0 Å². The van der Waals surface area contributed by atoms with Gasteiger partial charge in [0.2, 0.25) is 0 Å². The highest BCUT2D eigenvalue weighted by atomic mass is 15.2. The molecule has 0 atom stereocenters. The van der Waals surface area contributed by atoms with Gasteiger partial charge >= 0.3 is 0 Å². The van der Waals surface area contributed by atoms with Gasteiger partial charge in [-0.2, -0.15) is 5.26 Å². The Morgan fingerprint density at radius 2 is 1.41 bits per heavy atom. The van der Waals surface area contributed by atoms with E-state index < -0.39 is 0 Å². The number of fused-ring (bicyclic) bond motifs is 1. The molecule has 0 amide bonds. The van der Waals surface area contributed by atoms with Crippen molar-refractivity contribution in [1.82, 2.24) is 9.97 Å². The van der Waals surface area contributed by atoms with Gasteiger partial charge in [-0.15, -0.1) is 0 Å². The molecule has 0 radical (unpaired) electrons. The van der Waals surface area contributed by atoms with Crippen LogP contribution in [0.15, 0.2) is 48.5 Å². The minimum Gasteiger partial charge on any atom is -0.355 e. The fourth-order valence-electron chi connectivity index (χ4n) is 4.33. The summed E-state index contributed by atoms with van der Waals surface area (Å²) in [5.74, 6) is 1.06. The Morgan fingerprint density at radius 3 is 2.03 bits per heavy atom. The Labute approximate surface area is 192 Å². The lowest BCUT2D eigenvalue weighted by molar-refractivity contribution is 0.601. The van der Waals surface area contributed by atoms with E-state index in [0.29, 0.717) is 6.42 Å². The van der Waals surface area contributed by atoms with E-state index in [9.17, 15) is 0 Å². The van der Waals surface area contributed by atoms with Crippen LogP contribution in [0.3, 0.4) is 0 Å². The second kappa shape index (κ2) is 10.4. The van der Waals surface area contributed by atoms with E-state index in [1.54, 1.807) is 0 Å². The van der Waals surface area contributed by atoms with Gasteiger partial charge in [0.25, 0.3) is 0 Å². The standard InChI is InChI=1S/C28H32N4/c1-21-10-14-23(15-11-21)26-27(24-16-12-22(2)13-17-24)31-28-25(30-26)9-8-20-32(28)19-7-5-3-4-6-18-29/h10-17H,3-9,19-20H2,1-2H3. The van der Waals surface area contributed by atoms with Gasteiger partial charge in [-0.05, 0) is 39.5 Å². The summed E-state index contributed by atoms with van der Waals surface area (Å²) in [5, 5.41) is 8.72. The Bertz CT molecular complexity index is 1080. The molecule has 0 fully saturated rings. The number of nitriles is 1. The third-order valence-corrected chi connectivity index (χ3v) is 6.20. The fourth-order valence-corrected chi connectivity index (χ4v) is 4.33. The van der Waals surface area contributed by atoms with E-state index in [4.69, 9.17) is 15.2 Å². The summed E-state index contributed by atoms with van der Waals surface area (Å²) in [5.41, 5.74) is 7.79. The summed E-state index contributed by atoms with van der Waals surface area (Å²) in [6, 6.07) is 19.5. The van der Waals surface area contributed by atoms with Crippen molar-refractivity contribution in [2.75, 3.05) is 18.0 Å². The highest BCUT2D eigenvalue weighted by Crippen LogP contribution is 2.35. The molecule has 4 nitrogen and oxygen atoms in total.